The predicted molar refractivity (Wildman–Crippen MR) is 52.3 cm³/mol. The molecule has 0 atom stereocenters. The predicted octanol–water partition coefficient (Wildman–Crippen LogP) is 0.333. The van der Waals surface area contributed by atoms with Crippen LogP contribution in [0.2, 0.25) is 0 Å². The number of aromatic amines is 1. The summed E-state index contributed by atoms with van der Waals surface area (Å²) in [6.45, 7) is 0.405. The Bertz CT molecular complexity index is 459. The number of nitrogens with zero attached hydrogens (tertiary/aromatic N) is 4. The summed E-state index contributed by atoms with van der Waals surface area (Å²) in [5.41, 5.74) is 0. The third-order valence-corrected chi connectivity index (χ3v) is 2.66. The van der Waals surface area contributed by atoms with E-state index in [1.165, 1.54) is 11.5 Å². The van der Waals surface area contributed by atoms with Crippen molar-refractivity contribution in [3.8, 4) is 0 Å². The first-order valence-corrected chi connectivity index (χ1v) is 5.00. The molecule has 0 aliphatic rings. The van der Waals surface area contributed by atoms with Crippen LogP contribution in [0.4, 0.5) is 0 Å². The van der Waals surface area contributed by atoms with Gasteiger partial charge in [-0.2, -0.15) is 5.10 Å². The van der Waals surface area contributed by atoms with Crippen molar-refractivity contribution in [2.75, 3.05) is 0 Å². The first kappa shape index (κ1) is 9.44. The van der Waals surface area contributed by atoms with Gasteiger partial charge in [-0.15, -0.1) is 5.10 Å². The van der Waals surface area contributed by atoms with Crippen LogP contribution < -0.4 is 0 Å². The van der Waals surface area contributed by atoms with E-state index in [2.05, 4.69) is 19.8 Å². The fourth-order valence-corrected chi connectivity index (χ4v) is 1.74. The molecule has 6 nitrogen and oxygen atoms in total. The average molecular weight is 229 g/mol. The molecule has 2 N–H and O–H groups in total. The van der Waals surface area contributed by atoms with Crippen LogP contribution in [0.5, 0.6) is 0 Å². The monoisotopic (exact) mass is 229 g/mol. The maximum absolute atomic E-state index is 8.98. The largest absolute Gasteiger partial charge is 0.388 e. The second-order valence-electron chi connectivity index (χ2n) is 2.57. The van der Waals surface area contributed by atoms with E-state index in [9.17, 15) is 0 Å². The fraction of sp³-hybridized carbons (Fsp3) is 0.333. The van der Waals surface area contributed by atoms with Gasteiger partial charge in [0.05, 0.1) is 17.6 Å². The quantitative estimate of drug-likeness (QED) is 0.742. The molecule has 0 saturated heterocycles. The molecule has 74 valence electrons. The number of hydrogen-bond donors (Lipinski definition) is 2. The molecule has 14 heavy (non-hydrogen) atoms. The zero-order valence-electron chi connectivity index (χ0n) is 7.04. The highest BCUT2D eigenvalue weighted by Gasteiger charge is 2.06. The molecule has 0 bridgehead atoms. The van der Waals surface area contributed by atoms with Crippen LogP contribution in [-0.4, -0.2) is 29.5 Å². The highest BCUT2D eigenvalue weighted by atomic mass is 32.1. The van der Waals surface area contributed by atoms with Gasteiger partial charge < -0.3 is 5.11 Å². The van der Waals surface area contributed by atoms with Crippen molar-refractivity contribution >= 4 is 23.8 Å². The molecule has 8 heteroatoms. The van der Waals surface area contributed by atoms with Gasteiger partial charge in [0.15, 0.2) is 10.6 Å². The Kier molecular flexibility index (Phi) is 2.66. The first-order valence-electron chi connectivity index (χ1n) is 3.82. The molecule has 0 saturated carbocycles. The molecule has 0 fully saturated rings. The molecule has 0 aromatic carbocycles. The summed E-state index contributed by atoms with van der Waals surface area (Å²) in [5, 5.41) is 19.2. The molecular formula is C6H7N5OS2. The van der Waals surface area contributed by atoms with Crippen molar-refractivity contribution in [2.24, 2.45) is 0 Å². The zero-order valence-corrected chi connectivity index (χ0v) is 8.68. The summed E-state index contributed by atoms with van der Waals surface area (Å²) in [5.74, 6) is 0.517. The number of nitrogens with one attached hydrogen (secondary N) is 1. The molecule has 0 radical (unpaired) electrons. The van der Waals surface area contributed by atoms with Crippen LogP contribution in [0, 0.1) is 4.77 Å². The second-order valence-corrected chi connectivity index (χ2v) is 3.83. The van der Waals surface area contributed by atoms with E-state index in [0.29, 0.717) is 17.1 Å². The summed E-state index contributed by atoms with van der Waals surface area (Å²) in [6.07, 6.45) is 1.67. The summed E-state index contributed by atoms with van der Waals surface area (Å²) in [4.78, 5) is 0.970. The minimum absolute atomic E-state index is 0.140. The van der Waals surface area contributed by atoms with Crippen LogP contribution in [0.15, 0.2) is 6.20 Å². The Morgan fingerprint density at radius 1 is 1.64 bits per heavy atom. The standard InChI is InChI=1S/C6H7N5OS2/c12-3-5-8-9-6(13)11(5)2-4-1-7-10-14-4/h1,12H,2-3H2,(H,9,13). The van der Waals surface area contributed by atoms with Gasteiger partial charge in [0, 0.05) is 0 Å². The van der Waals surface area contributed by atoms with Gasteiger partial charge in [0.25, 0.3) is 0 Å². The molecule has 2 rings (SSSR count). The lowest BCUT2D eigenvalue weighted by molar-refractivity contribution is 0.265. The van der Waals surface area contributed by atoms with E-state index in [-0.39, 0.29) is 6.61 Å². The second kappa shape index (κ2) is 3.95. The Hall–Kier alpha value is -1.12. The molecule has 2 aromatic rings. The van der Waals surface area contributed by atoms with Gasteiger partial charge >= 0.3 is 0 Å². The summed E-state index contributed by atoms with van der Waals surface area (Å²) in [7, 11) is 0. The van der Waals surface area contributed by atoms with Crippen molar-refractivity contribution in [1.29, 1.82) is 0 Å². The lowest BCUT2D eigenvalue weighted by Crippen LogP contribution is -2.04. The normalized spacial score (nSPS) is 10.6. The molecule has 0 amide bonds. The molecule has 2 aromatic heterocycles. The van der Waals surface area contributed by atoms with Gasteiger partial charge in [-0.1, -0.05) is 4.49 Å². The third kappa shape index (κ3) is 1.72. The number of rotatable bonds is 3. The number of aromatic nitrogens is 5. The van der Waals surface area contributed by atoms with E-state index < -0.39 is 0 Å². The fourth-order valence-electron chi connectivity index (χ4n) is 1.05. The maximum Gasteiger partial charge on any atom is 0.195 e. The van der Waals surface area contributed by atoms with Gasteiger partial charge in [0.1, 0.15) is 6.61 Å². The number of hydrogen-bond acceptors (Lipinski definition) is 6. The third-order valence-electron chi connectivity index (χ3n) is 1.70. The Balaban J connectivity index is 2.32. The maximum atomic E-state index is 8.98. The molecule has 2 heterocycles. The SMILES string of the molecule is OCc1n[nH]c(=S)n1Cc1cnns1. The molecule has 0 spiro atoms. The lowest BCUT2D eigenvalue weighted by atomic mass is 10.5. The number of aliphatic hydroxyl groups excluding tert-OH is 1. The van der Waals surface area contributed by atoms with Crippen LogP contribution in [0.25, 0.3) is 0 Å². The van der Waals surface area contributed by atoms with Crippen molar-refractivity contribution in [2.45, 2.75) is 13.2 Å². The topological polar surface area (TPSA) is 79.6 Å². The minimum Gasteiger partial charge on any atom is -0.388 e. The van der Waals surface area contributed by atoms with Gasteiger partial charge in [-0.05, 0) is 23.8 Å². The van der Waals surface area contributed by atoms with E-state index in [4.69, 9.17) is 17.3 Å². The summed E-state index contributed by atoms with van der Waals surface area (Å²) in [6, 6.07) is 0. The van der Waals surface area contributed by atoms with E-state index in [0.717, 1.165) is 4.88 Å². The number of H-pyrrole nitrogens is 1. The molecule has 0 aliphatic carbocycles. The molecular weight excluding hydrogens is 222 g/mol. The Labute approximate surface area is 88.4 Å². The summed E-state index contributed by atoms with van der Waals surface area (Å²) >= 11 is 6.31. The number of aliphatic hydroxyl groups is 1. The van der Waals surface area contributed by atoms with Crippen LogP contribution in [0.1, 0.15) is 10.7 Å². The molecule has 0 aliphatic heterocycles. The van der Waals surface area contributed by atoms with E-state index >= 15 is 0 Å². The zero-order chi connectivity index (χ0) is 9.97. The lowest BCUT2D eigenvalue weighted by Gasteiger charge is -2.00. The highest BCUT2D eigenvalue weighted by Crippen LogP contribution is 2.07. The Morgan fingerprint density at radius 3 is 3.14 bits per heavy atom. The van der Waals surface area contributed by atoms with Crippen LogP contribution in [0.3, 0.4) is 0 Å². The highest BCUT2D eigenvalue weighted by molar-refractivity contribution is 7.71. The average Bonchev–Trinajstić information content (AvgIpc) is 2.79. The summed E-state index contributed by atoms with van der Waals surface area (Å²) < 4.78 is 5.94. The van der Waals surface area contributed by atoms with Gasteiger partial charge in [-0.25, -0.2) is 0 Å². The van der Waals surface area contributed by atoms with Crippen molar-refractivity contribution < 1.29 is 5.11 Å². The van der Waals surface area contributed by atoms with Crippen LogP contribution in [-0.2, 0) is 13.2 Å². The Morgan fingerprint density at radius 2 is 2.50 bits per heavy atom. The van der Waals surface area contributed by atoms with Crippen molar-refractivity contribution in [3.05, 3.63) is 21.7 Å². The smallest absolute Gasteiger partial charge is 0.195 e. The molecule has 0 unspecified atom stereocenters. The van der Waals surface area contributed by atoms with E-state index in [1.807, 2.05) is 0 Å². The van der Waals surface area contributed by atoms with Crippen LogP contribution >= 0.6 is 23.8 Å². The van der Waals surface area contributed by atoms with Crippen molar-refractivity contribution in [1.82, 2.24) is 24.4 Å². The first-order chi connectivity index (χ1) is 6.81. The van der Waals surface area contributed by atoms with Gasteiger partial charge in [0.2, 0.25) is 0 Å². The van der Waals surface area contributed by atoms with E-state index in [1.54, 1.807) is 10.8 Å². The van der Waals surface area contributed by atoms with Gasteiger partial charge in [-0.3, -0.25) is 9.67 Å². The minimum atomic E-state index is -0.140. The van der Waals surface area contributed by atoms with Crippen molar-refractivity contribution in [3.63, 3.8) is 0 Å².